The van der Waals surface area contributed by atoms with Crippen LogP contribution in [-0.4, -0.2) is 21.3 Å². The molecule has 28 heavy (non-hydrogen) atoms. The molecule has 138 valence electrons. The lowest BCUT2D eigenvalue weighted by molar-refractivity contribution is 0.394. The molecular weight excluding hydrogens is 348 g/mol. The lowest BCUT2D eigenvalue weighted by Crippen LogP contribution is -1.88. The minimum absolute atomic E-state index is 0.711. The van der Waals surface area contributed by atoms with E-state index < -0.39 is 0 Å². The monoisotopic (exact) mass is 368 g/mol. The Balaban J connectivity index is 1.81. The Labute approximate surface area is 165 Å². The molecule has 0 N–H and O–H groups in total. The molecule has 0 fully saturated rings. The predicted octanol–water partition coefficient (Wildman–Crippen LogP) is 4.51. The van der Waals surface area contributed by atoms with Crippen molar-refractivity contribution < 1.29 is 14.2 Å². The summed E-state index contributed by atoms with van der Waals surface area (Å²) in [5.41, 5.74) is 3.56. The minimum atomic E-state index is 0.711. The van der Waals surface area contributed by atoms with Gasteiger partial charge in [0.05, 0.1) is 21.3 Å². The van der Waals surface area contributed by atoms with Crippen molar-refractivity contribution >= 4 is 0 Å². The minimum Gasteiger partial charge on any atom is -0.497 e. The molecule has 0 aliphatic carbocycles. The van der Waals surface area contributed by atoms with E-state index in [1.165, 1.54) is 0 Å². The zero-order valence-electron chi connectivity index (χ0n) is 16.1. The average Bonchev–Trinajstić information content (AvgIpc) is 2.76. The number of hydrogen-bond acceptors (Lipinski definition) is 3. The van der Waals surface area contributed by atoms with E-state index in [-0.39, 0.29) is 0 Å². The van der Waals surface area contributed by atoms with Gasteiger partial charge in [0.15, 0.2) is 0 Å². The molecule has 0 amide bonds. The van der Waals surface area contributed by atoms with Gasteiger partial charge in [-0.05, 0) is 54.6 Å². The van der Waals surface area contributed by atoms with Crippen molar-refractivity contribution in [2.45, 2.75) is 0 Å². The summed E-state index contributed by atoms with van der Waals surface area (Å²) in [5.74, 6) is 14.9. The van der Waals surface area contributed by atoms with Crippen LogP contribution in [0.3, 0.4) is 0 Å². The molecule has 3 nitrogen and oxygen atoms in total. The first kappa shape index (κ1) is 19.0. The van der Waals surface area contributed by atoms with E-state index in [1.54, 1.807) is 21.3 Å². The summed E-state index contributed by atoms with van der Waals surface area (Å²) in [6, 6.07) is 21.1. The van der Waals surface area contributed by atoms with Crippen LogP contribution < -0.4 is 14.2 Å². The first-order valence-corrected chi connectivity index (χ1v) is 8.71. The maximum atomic E-state index is 5.28. The van der Waals surface area contributed by atoms with Crippen LogP contribution in [0.4, 0.5) is 0 Å². The normalized spacial score (nSPS) is 9.39. The fourth-order valence-electron chi connectivity index (χ4n) is 2.52. The molecule has 0 unspecified atom stereocenters. The number of methoxy groups -OCH3 is 3. The highest BCUT2D eigenvalue weighted by atomic mass is 16.5. The molecule has 0 aliphatic rings. The smallest absolute Gasteiger partial charge is 0.123 e. The molecule has 3 aromatic rings. The van der Waals surface area contributed by atoms with Gasteiger partial charge in [-0.25, -0.2) is 0 Å². The summed E-state index contributed by atoms with van der Waals surface area (Å²) in [5, 5.41) is 0. The Morgan fingerprint density at radius 2 is 0.964 bits per heavy atom. The lowest BCUT2D eigenvalue weighted by atomic mass is 10.1. The van der Waals surface area contributed by atoms with Crippen LogP contribution in [0, 0.1) is 23.7 Å². The van der Waals surface area contributed by atoms with Crippen LogP contribution in [0.15, 0.2) is 66.7 Å². The van der Waals surface area contributed by atoms with Crippen LogP contribution >= 0.6 is 0 Å². The van der Waals surface area contributed by atoms with E-state index in [0.717, 1.165) is 28.0 Å². The van der Waals surface area contributed by atoms with Crippen LogP contribution in [-0.2, 0) is 0 Å². The van der Waals surface area contributed by atoms with Crippen molar-refractivity contribution in [1.82, 2.24) is 0 Å². The topological polar surface area (TPSA) is 27.7 Å². The van der Waals surface area contributed by atoms with Gasteiger partial charge in [-0.1, -0.05) is 29.7 Å². The first-order valence-electron chi connectivity index (χ1n) is 8.71. The third-order valence-electron chi connectivity index (χ3n) is 4.01. The Morgan fingerprint density at radius 1 is 0.464 bits per heavy atom. The zero-order chi connectivity index (χ0) is 19.8. The predicted molar refractivity (Wildman–Crippen MR) is 111 cm³/mol. The second kappa shape index (κ2) is 9.21. The lowest BCUT2D eigenvalue weighted by Gasteiger charge is -2.04. The van der Waals surface area contributed by atoms with Crippen molar-refractivity contribution in [1.29, 1.82) is 0 Å². The SMILES string of the molecule is COc1ccc(C#Cc2cccc(C#Cc3cc(OC)cc(OC)c3)c2)cc1. The van der Waals surface area contributed by atoms with E-state index >= 15 is 0 Å². The van der Waals surface area contributed by atoms with Gasteiger partial charge in [-0.2, -0.15) is 0 Å². The molecule has 3 rings (SSSR count). The van der Waals surface area contributed by atoms with E-state index in [9.17, 15) is 0 Å². The Bertz CT molecular complexity index is 1050. The molecule has 0 spiro atoms. The summed E-state index contributed by atoms with van der Waals surface area (Å²) >= 11 is 0. The summed E-state index contributed by atoms with van der Waals surface area (Å²) < 4.78 is 15.7. The van der Waals surface area contributed by atoms with Gasteiger partial charge in [0.25, 0.3) is 0 Å². The van der Waals surface area contributed by atoms with Gasteiger partial charge in [0, 0.05) is 28.3 Å². The first-order chi connectivity index (χ1) is 13.7. The van der Waals surface area contributed by atoms with Crippen molar-refractivity contribution in [3.05, 3.63) is 89.0 Å². The molecule has 0 atom stereocenters. The number of ether oxygens (including phenoxy) is 3. The van der Waals surface area contributed by atoms with Crippen LogP contribution in [0.5, 0.6) is 17.2 Å². The summed E-state index contributed by atoms with van der Waals surface area (Å²) in [6.07, 6.45) is 0. The van der Waals surface area contributed by atoms with Gasteiger partial charge in [0.1, 0.15) is 17.2 Å². The van der Waals surface area contributed by atoms with Gasteiger partial charge in [0.2, 0.25) is 0 Å². The number of hydrogen-bond donors (Lipinski definition) is 0. The molecule has 0 radical (unpaired) electrons. The highest BCUT2D eigenvalue weighted by molar-refractivity contribution is 5.51. The van der Waals surface area contributed by atoms with E-state index in [1.807, 2.05) is 66.7 Å². The Hall–Kier alpha value is -3.82. The Morgan fingerprint density at radius 3 is 1.50 bits per heavy atom. The van der Waals surface area contributed by atoms with Crippen LogP contribution in [0.25, 0.3) is 0 Å². The Kier molecular flexibility index (Phi) is 6.24. The maximum Gasteiger partial charge on any atom is 0.123 e. The van der Waals surface area contributed by atoms with Gasteiger partial charge in [-0.3, -0.25) is 0 Å². The summed E-state index contributed by atoms with van der Waals surface area (Å²) in [7, 11) is 4.89. The average molecular weight is 368 g/mol. The van der Waals surface area contributed by atoms with Crippen LogP contribution in [0.1, 0.15) is 22.3 Å². The molecule has 0 saturated heterocycles. The van der Waals surface area contributed by atoms with Gasteiger partial charge in [-0.15, -0.1) is 0 Å². The van der Waals surface area contributed by atoms with E-state index in [0.29, 0.717) is 11.5 Å². The molecular formula is C25H20O3. The van der Waals surface area contributed by atoms with Crippen molar-refractivity contribution in [3.63, 3.8) is 0 Å². The molecule has 0 bridgehead atoms. The zero-order valence-corrected chi connectivity index (χ0v) is 16.1. The highest BCUT2D eigenvalue weighted by Gasteiger charge is 1.99. The fraction of sp³-hybridized carbons (Fsp3) is 0.120. The third-order valence-corrected chi connectivity index (χ3v) is 4.01. The van der Waals surface area contributed by atoms with Crippen molar-refractivity contribution in [3.8, 4) is 40.9 Å². The maximum absolute atomic E-state index is 5.28. The third kappa shape index (κ3) is 5.10. The second-order valence-corrected chi connectivity index (χ2v) is 5.91. The number of rotatable bonds is 3. The molecule has 3 heteroatoms. The van der Waals surface area contributed by atoms with Crippen molar-refractivity contribution in [2.24, 2.45) is 0 Å². The van der Waals surface area contributed by atoms with E-state index in [2.05, 4.69) is 23.7 Å². The molecule has 0 saturated carbocycles. The standard InChI is InChI=1S/C25H20O3/c1-26-23-13-11-19(12-14-23)7-8-20-5-4-6-21(15-20)9-10-22-16-24(27-2)18-25(17-22)28-3/h4-6,11-18H,1-3H3. The highest BCUT2D eigenvalue weighted by Crippen LogP contribution is 2.22. The fourth-order valence-corrected chi connectivity index (χ4v) is 2.52. The largest absolute Gasteiger partial charge is 0.497 e. The van der Waals surface area contributed by atoms with E-state index in [4.69, 9.17) is 14.2 Å². The summed E-state index contributed by atoms with van der Waals surface area (Å²) in [6.45, 7) is 0. The quantitative estimate of drug-likeness (QED) is 0.637. The van der Waals surface area contributed by atoms with Crippen LogP contribution in [0.2, 0.25) is 0 Å². The molecule has 0 aromatic heterocycles. The summed E-state index contributed by atoms with van der Waals surface area (Å²) in [4.78, 5) is 0. The number of benzene rings is 3. The molecule has 0 heterocycles. The second-order valence-electron chi connectivity index (χ2n) is 5.91. The molecule has 3 aromatic carbocycles. The molecule has 0 aliphatic heterocycles. The van der Waals surface area contributed by atoms with Gasteiger partial charge >= 0.3 is 0 Å². The van der Waals surface area contributed by atoms with Gasteiger partial charge < -0.3 is 14.2 Å². The van der Waals surface area contributed by atoms with Crippen molar-refractivity contribution in [2.75, 3.05) is 21.3 Å².